The predicted molar refractivity (Wildman–Crippen MR) is 158 cm³/mol. The third kappa shape index (κ3) is 3.19. The van der Waals surface area contributed by atoms with Crippen LogP contribution in [0.1, 0.15) is 0 Å². The van der Waals surface area contributed by atoms with Gasteiger partial charge >= 0.3 is 0 Å². The number of allylic oxidation sites excluding steroid dienone is 4. The van der Waals surface area contributed by atoms with Crippen molar-refractivity contribution in [1.82, 2.24) is 15.3 Å². The highest BCUT2D eigenvalue weighted by molar-refractivity contribution is 6.09. The summed E-state index contributed by atoms with van der Waals surface area (Å²) in [5, 5.41) is 11.6. The highest BCUT2D eigenvalue weighted by atomic mass is 15.2. The number of fused-ring (bicyclic) bond motifs is 18. The number of nitrogens with one attached hydrogen (secondary N) is 4. The summed E-state index contributed by atoms with van der Waals surface area (Å²) < 4.78 is 0. The van der Waals surface area contributed by atoms with Crippen LogP contribution in [0.3, 0.4) is 0 Å². The zero-order valence-corrected chi connectivity index (χ0v) is 21.5. The lowest BCUT2D eigenvalue weighted by molar-refractivity contribution is 0.463. The van der Waals surface area contributed by atoms with Gasteiger partial charge in [0.05, 0.1) is 0 Å². The van der Waals surface area contributed by atoms with Crippen LogP contribution >= 0.6 is 0 Å². The van der Waals surface area contributed by atoms with Gasteiger partial charge in [0.2, 0.25) is 0 Å². The van der Waals surface area contributed by atoms with Gasteiger partial charge in [-0.1, -0.05) is 97.1 Å². The molecule has 0 saturated heterocycles. The van der Waals surface area contributed by atoms with Crippen molar-refractivity contribution >= 4 is 44.9 Å². The molecule has 194 valence electrons. The van der Waals surface area contributed by atoms with Crippen LogP contribution in [-0.4, -0.2) is 34.0 Å². The number of rotatable bonds is 0. The molecule has 0 radical (unpaired) electrons. The summed E-state index contributed by atoms with van der Waals surface area (Å²) >= 11 is 0. The maximum atomic E-state index is 5.20. The first-order valence-corrected chi connectivity index (χ1v) is 13.8. The maximum Gasteiger partial charge on any atom is 0.151 e. The minimum atomic E-state index is -0.255. The first-order valence-electron chi connectivity index (χ1n) is 13.8. The monoisotopic (exact) mass is 522 g/mol. The van der Waals surface area contributed by atoms with Crippen LogP contribution in [0.2, 0.25) is 0 Å². The van der Waals surface area contributed by atoms with Crippen molar-refractivity contribution in [3.05, 3.63) is 108 Å². The molecule has 0 fully saturated rings. The smallest absolute Gasteiger partial charge is 0.151 e. The van der Waals surface area contributed by atoms with E-state index < -0.39 is 0 Å². The second-order valence-electron chi connectivity index (χ2n) is 10.9. The highest BCUT2D eigenvalue weighted by Crippen LogP contribution is 2.38. The van der Waals surface area contributed by atoms with Crippen LogP contribution in [0.4, 0.5) is 11.6 Å². The third-order valence-electron chi connectivity index (χ3n) is 8.65. The van der Waals surface area contributed by atoms with E-state index in [9.17, 15) is 0 Å². The molecule has 8 bridgehead atoms. The Labute approximate surface area is 229 Å². The largest absolute Gasteiger partial charge is 0.351 e. The van der Waals surface area contributed by atoms with Gasteiger partial charge in [-0.05, 0) is 0 Å². The van der Waals surface area contributed by atoms with Crippen molar-refractivity contribution in [3.8, 4) is 0 Å². The summed E-state index contributed by atoms with van der Waals surface area (Å²) in [7, 11) is 0. The van der Waals surface area contributed by atoms with Crippen LogP contribution in [0, 0.1) is 23.7 Å². The van der Waals surface area contributed by atoms with E-state index in [1.165, 1.54) is 0 Å². The number of hydrogen-bond acceptors (Lipinski definition) is 6. The SMILES string of the molecule is C1=CC2C3=NC(N=c4[nH]c(c5ccccc45)=Nc4[nH]c(c5ccccc45)NC4=NC(N3)C3C=CC=CC43)C2C=C1. The highest BCUT2D eigenvalue weighted by Gasteiger charge is 2.42. The average molecular weight is 523 g/mol. The number of aromatic nitrogens is 2. The minimum absolute atomic E-state index is 0.128. The molecule has 6 unspecified atom stereocenters. The molecule has 0 saturated carbocycles. The zero-order chi connectivity index (χ0) is 26.2. The molecule has 5 heterocycles. The number of aliphatic imine (C=N–C) groups is 2. The van der Waals surface area contributed by atoms with Crippen LogP contribution in [-0.2, 0) is 0 Å². The van der Waals surface area contributed by atoms with Crippen LogP contribution < -0.4 is 21.6 Å². The van der Waals surface area contributed by atoms with Gasteiger partial charge in [0, 0.05) is 45.2 Å². The molecule has 0 spiro atoms. The Bertz CT molecular complexity index is 2020. The third-order valence-corrected chi connectivity index (χ3v) is 8.65. The maximum absolute atomic E-state index is 5.20. The standard InChI is InChI=1S/C32H26N8/c1-2-10-18-17(9-1)25-33-26(18)38-28-21-13-5-6-14-22(21)30(35-28)40-32-24-16-8-7-15-23(24)31(36-32)39-29-20-12-4-3-11-19(20)27(34-29)37-25/h1-20,25,29,35H,(H,33,38)(H,34,37)(H,36,39,40). The molecule has 3 aliphatic heterocycles. The van der Waals surface area contributed by atoms with E-state index in [0.29, 0.717) is 0 Å². The molecule has 8 heteroatoms. The summed E-state index contributed by atoms with van der Waals surface area (Å²) in [5.41, 5.74) is 1.57. The van der Waals surface area contributed by atoms with Crippen molar-refractivity contribution in [1.29, 1.82) is 0 Å². The number of aromatic amines is 2. The van der Waals surface area contributed by atoms with Crippen LogP contribution in [0.25, 0.3) is 21.5 Å². The molecular weight excluding hydrogens is 496 g/mol. The zero-order valence-electron chi connectivity index (χ0n) is 21.5. The molecule has 4 aromatic rings. The number of anilines is 1. The Hall–Kier alpha value is -4.98. The average Bonchev–Trinajstić information content (AvgIpc) is 3.73. The number of benzene rings is 2. The Morgan fingerprint density at radius 1 is 0.575 bits per heavy atom. The quantitative estimate of drug-likeness (QED) is 0.274. The number of nitrogens with zero attached hydrogens (tertiary/aromatic N) is 4. The lowest BCUT2D eigenvalue weighted by Crippen LogP contribution is -2.41. The van der Waals surface area contributed by atoms with Gasteiger partial charge in [-0.2, -0.15) is 0 Å². The van der Waals surface area contributed by atoms with Gasteiger partial charge in [0.1, 0.15) is 40.4 Å². The van der Waals surface area contributed by atoms with Gasteiger partial charge < -0.3 is 20.6 Å². The molecule has 2 aromatic heterocycles. The summed E-state index contributed by atoms with van der Waals surface area (Å²) in [6.07, 6.45) is 17.0. The van der Waals surface area contributed by atoms with Crippen LogP contribution in [0.15, 0.2) is 117 Å². The van der Waals surface area contributed by atoms with Crippen molar-refractivity contribution in [2.45, 2.75) is 12.3 Å². The first kappa shape index (κ1) is 21.9. The fraction of sp³-hybridized carbons (Fsp3) is 0.188. The van der Waals surface area contributed by atoms with Crippen molar-refractivity contribution in [2.75, 3.05) is 5.32 Å². The second kappa shape index (κ2) is 8.26. The Kier molecular flexibility index (Phi) is 4.52. The molecule has 9 rings (SSSR count). The summed E-state index contributed by atoms with van der Waals surface area (Å²) in [6, 6.07) is 16.6. The molecule has 40 heavy (non-hydrogen) atoms. The number of hydrogen-bond donors (Lipinski definition) is 4. The fourth-order valence-electron chi connectivity index (χ4n) is 6.72. The fourth-order valence-corrected chi connectivity index (χ4v) is 6.72. The summed E-state index contributed by atoms with van der Waals surface area (Å²) in [6.45, 7) is 0. The Morgan fingerprint density at radius 3 is 2.08 bits per heavy atom. The molecule has 2 aliphatic carbocycles. The molecule has 6 atom stereocenters. The molecule has 2 aromatic carbocycles. The molecular formula is C32H26N8. The molecule has 0 amide bonds. The molecule has 4 N–H and O–H groups in total. The lowest BCUT2D eigenvalue weighted by Gasteiger charge is -2.25. The van der Waals surface area contributed by atoms with E-state index in [0.717, 1.165) is 55.8 Å². The van der Waals surface area contributed by atoms with Gasteiger partial charge in [-0.25, -0.2) is 20.0 Å². The van der Waals surface area contributed by atoms with Crippen molar-refractivity contribution in [3.63, 3.8) is 0 Å². The van der Waals surface area contributed by atoms with E-state index in [1.807, 2.05) is 18.2 Å². The van der Waals surface area contributed by atoms with Gasteiger partial charge in [-0.3, -0.25) is 0 Å². The second-order valence-corrected chi connectivity index (χ2v) is 10.9. The lowest BCUT2D eigenvalue weighted by atomic mass is 9.86. The van der Waals surface area contributed by atoms with E-state index in [-0.39, 0.29) is 36.0 Å². The molecule has 8 nitrogen and oxygen atoms in total. The van der Waals surface area contributed by atoms with E-state index in [1.54, 1.807) is 0 Å². The van der Waals surface area contributed by atoms with Gasteiger partial charge in [0.25, 0.3) is 0 Å². The van der Waals surface area contributed by atoms with Crippen molar-refractivity contribution < 1.29 is 0 Å². The Balaban J connectivity index is 1.31. The van der Waals surface area contributed by atoms with Crippen LogP contribution in [0.5, 0.6) is 0 Å². The van der Waals surface area contributed by atoms with Gasteiger partial charge in [0.15, 0.2) is 6.17 Å². The predicted octanol–water partition coefficient (Wildman–Crippen LogP) is 4.43. The molecule has 5 aliphatic rings. The van der Waals surface area contributed by atoms with E-state index in [2.05, 4.69) is 99.5 Å². The normalized spacial score (nSPS) is 29.2. The topological polar surface area (TPSA) is 105 Å². The van der Waals surface area contributed by atoms with E-state index >= 15 is 0 Å². The van der Waals surface area contributed by atoms with E-state index in [4.69, 9.17) is 20.0 Å². The number of H-pyrrole nitrogens is 2. The first-order chi connectivity index (χ1) is 19.8. The Morgan fingerprint density at radius 2 is 1.25 bits per heavy atom. The summed E-state index contributed by atoms with van der Waals surface area (Å²) in [4.78, 5) is 27.8. The van der Waals surface area contributed by atoms with Crippen molar-refractivity contribution in [2.24, 2.45) is 43.6 Å². The van der Waals surface area contributed by atoms with Gasteiger partial charge in [-0.15, -0.1) is 0 Å². The minimum Gasteiger partial charge on any atom is -0.351 e. The number of amidine groups is 2. The summed E-state index contributed by atoms with van der Waals surface area (Å²) in [5.74, 6) is 4.13.